The summed E-state index contributed by atoms with van der Waals surface area (Å²) < 4.78 is 0. The van der Waals surface area contributed by atoms with E-state index in [2.05, 4.69) is 6.92 Å². The Morgan fingerprint density at radius 3 is 1.53 bits per heavy atom. The summed E-state index contributed by atoms with van der Waals surface area (Å²) in [5.74, 6) is 0. The zero-order chi connectivity index (χ0) is 14.3. The van der Waals surface area contributed by atoms with Gasteiger partial charge < -0.3 is 10.2 Å². The van der Waals surface area contributed by atoms with Crippen molar-refractivity contribution in [1.82, 2.24) is 0 Å². The van der Waals surface area contributed by atoms with Crippen LogP contribution in [0.15, 0.2) is 0 Å². The van der Waals surface area contributed by atoms with E-state index in [1.807, 2.05) is 6.92 Å². The van der Waals surface area contributed by atoms with Gasteiger partial charge in [0.1, 0.15) is 0 Å². The summed E-state index contributed by atoms with van der Waals surface area (Å²) in [7, 11) is 0. The van der Waals surface area contributed by atoms with Gasteiger partial charge in [-0.05, 0) is 26.2 Å². The third-order valence-electron chi connectivity index (χ3n) is 3.80. The summed E-state index contributed by atoms with van der Waals surface area (Å²) in [6.07, 6.45) is 15.1. The first-order chi connectivity index (χ1) is 9.16. The molecule has 0 rings (SSSR count). The minimum atomic E-state index is -0.136. The molecule has 0 radical (unpaired) electrons. The van der Waals surface area contributed by atoms with Crippen LogP contribution in [0.5, 0.6) is 0 Å². The predicted molar refractivity (Wildman–Crippen MR) is 83.4 cm³/mol. The van der Waals surface area contributed by atoms with Crippen LogP contribution < -0.4 is 0 Å². The zero-order valence-corrected chi connectivity index (χ0v) is 13.2. The lowest BCUT2D eigenvalue weighted by atomic mass is 10.0. The van der Waals surface area contributed by atoms with Crippen LogP contribution in [-0.2, 0) is 0 Å². The molecule has 0 aromatic heterocycles. The molecule has 0 fully saturated rings. The van der Waals surface area contributed by atoms with Crippen LogP contribution in [0, 0.1) is 0 Å². The van der Waals surface area contributed by atoms with Crippen LogP contribution >= 0.6 is 0 Å². The second-order valence-corrected chi connectivity index (χ2v) is 6.05. The van der Waals surface area contributed by atoms with Crippen molar-refractivity contribution in [2.75, 3.05) is 0 Å². The van der Waals surface area contributed by atoms with Gasteiger partial charge in [0.2, 0.25) is 0 Å². The number of unbranched alkanes of at least 4 members (excludes halogenated alkanes) is 8. The van der Waals surface area contributed by atoms with Gasteiger partial charge >= 0.3 is 0 Å². The molecule has 0 bridgehead atoms. The molecular weight excluding hydrogens is 236 g/mol. The first kappa shape index (κ1) is 18.9. The molecule has 0 saturated heterocycles. The van der Waals surface area contributed by atoms with Crippen LogP contribution in [-0.4, -0.2) is 22.4 Å². The fourth-order valence-corrected chi connectivity index (χ4v) is 2.48. The van der Waals surface area contributed by atoms with Crippen molar-refractivity contribution in [3.8, 4) is 0 Å². The molecule has 0 aromatic carbocycles. The summed E-state index contributed by atoms with van der Waals surface area (Å²) >= 11 is 0. The molecule has 2 nitrogen and oxygen atoms in total. The molecule has 2 atom stereocenters. The lowest BCUT2D eigenvalue weighted by Gasteiger charge is -2.10. The largest absolute Gasteiger partial charge is 0.393 e. The topological polar surface area (TPSA) is 40.5 Å². The van der Waals surface area contributed by atoms with Crippen LogP contribution in [0.25, 0.3) is 0 Å². The smallest absolute Gasteiger partial charge is 0.0540 e. The molecule has 2 N–H and O–H groups in total. The average Bonchev–Trinajstić information content (AvgIpc) is 2.37. The van der Waals surface area contributed by atoms with Gasteiger partial charge in [-0.3, -0.25) is 0 Å². The molecule has 19 heavy (non-hydrogen) atoms. The van der Waals surface area contributed by atoms with Gasteiger partial charge in [0.25, 0.3) is 0 Å². The molecule has 0 amide bonds. The fraction of sp³-hybridized carbons (Fsp3) is 1.00. The minimum Gasteiger partial charge on any atom is -0.393 e. The molecular formula is C17H36O2. The molecule has 0 heterocycles. The third-order valence-corrected chi connectivity index (χ3v) is 3.80. The van der Waals surface area contributed by atoms with E-state index in [0.29, 0.717) is 0 Å². The van der Waals surface area contributed by atoms with E-state index in [4.69, 9.17) is 5.11 Å². The Hall–Kier alpha value is -0.0800. The molecule has 0 spiro atoms. The maximum atomic E-state index is 9.82. The van der Waals surface area contributed by atoms with Crippen LogP contribution in [0.2, 0.25) is 0 Å². The van der Waals surface area contributed by atoms with E-state index < -0.39 is 0 Å². The van der Waals surface area contributed by atoms with Gasteiger partial charge in [0, 0.05) is 0 Å². The number of hydrogen-bond acceptors (Lipinski definition) is 2. The number of aliphatic hydroxyl groups is 2. The van der Waals surface area contributed by atoms with E-state index in [1.54, 1.807) is 0 Å². The van der Waals surface area contributed by atoms with Crippen molar-refractivity contribution < 1.29 is 10.2 Å². The monoisotopic (exact) mass is 272 g/mol. The van der Waals surface area contributed by atoms with Gasteiger partial charge in [-0.15, -0.1) is 0 Å². The summed E-state index contributed by atoms with van der Waals surface area (Å²) in [4.78, 5) is 0. The highest BCUT2D eigenvalue weighted by molar-refractivity contribution is 4.57. The molecule has 116 valence electrons. The Kier molecular flexibility index (Phi) is 14.3. The Bertz CT molecular complexity index is 169. The maximum Gasteiger partial charge on any atom is 0.0540 e. The normalized spacial score (nSPS) is 14.5. The minimum absolute atomic E-state index is 0.0629. The molecule has 2 unspecified atom stereocenters. The van der Waals surface area contributed by atoms with Crippen molar-refractivity contribution in [1.29, 1.82) is 0 Å². The van der Waals surface area contributed by atoms with E-state index in [1.165, 1.54) is 57.8 Å². The van der Waals surface area contributed by atoms with Crippen LogP contribution in [0.3, 0.4) is 0 Å². The van der Waals surface area contributed by atoms with Gasteiger partial charge in [-0.2, -0.15) is 0 Å². The SMILES string of the molecule is CCCCCCC(O)CCCCCCCCC(C)O. The van der Waals surface area contributed by atoms with Crippen LogP contribution in [0.1, 0.15) is 97.3 Å². The quantitative estimate of drug-likeness (QED) is 0.445. The molecule has 0 aliphatic heterocycles. The maximum absolute atomic E-state index is 9.82. The second kappa shape index (κ2) is 14.3. The summed E-state index contributed by atoms with van der Waals surface area (Å²) in [5, 5.41) is 19.0. The van der Waals surface area contributed by atoms with Crippen molar-refractivity contribution in [3.63, 3.8) is 0 Å². The Labute approximate surface area is 120 Å². The predicted octanol–water partition coefficient (Wildman–Crippen LogP) is 4.82. The molecule has 0 saturated carbocycles. The third kappa shape index (κ3) is 15.9. The van der Waals surface area contributed by atoms with Gasteiger partial charge in [0.05, 0.1) is 12.2 Å². The van der Waals surface area contributed by atoms with Crippen LogP contribution in [0.4, 0.5) is 0 Å². The number of rotatable bonds is 14. The molecule has 2 heteroatoms. The van der Waals surface area contributed by atoms with Gasteiger partial charge in [-0.1, -0.05) is 71.1 Å². The van der Waals surface area contributed by atoms with Crippen molar-refractivity contribution in [3.05, 3.63) is 0 Å². The standard InChI is InChI=1S/C17H36O2/c1-3-4-5-11-14-17(19)15-12-9-7-6-8-10-13-16(2)18/h16-19H,3-15H2,1-2H3. The van der Waals surface area contributed by atoms with Gasteiger partial charge in [0.15, 0.2) is 0 Å². The Balaban J connectivity index is 3.12. The summed E-state index contributed by atoms with van der Waals surface area (Å²) in [5.41, 5.74) is 0. The van der Waals surface area contributed by atoms with Crippen molar-refractivity contribution >= 4 is 0 Å². The second-order valence-electron chi connectivity index (χ2n) is 6.05. The van der Waals surface area contributed by atoms with E-state index in [0.717, 1.165) is 25.7 Å². The Morgan fingerprint density at radius 1 is 0.632 bits per heavy atom. The number of hydrogen-bond donors (Lipinski definition) is 2. The number of aliphatic hydroxyl groups excluding tert-OH is 2. The fourth-order valence-electron chi connectivity index (χ4n) is 2.48. The summed E-state index contributed by atoms with van der Waals surface area (Å²) in [6.45, 7) is 4.08. The lowest BCUT2D eigenvalue weighted by molar-refractivity contribution is 0.147. The Morgan fingerprint density at radius 2 is 1.05 bits per heavy atom. The lowest BCUT2D eigenvalue weighted by Crippen LogP contribution is -2.05. The molecule has 0 aliphatic rings. The molecule has 0 aliphatic carbocycles. The first-order valence-corrected chi connectivity index (χ1v) is 8.53. The van der Waals surface area contributed by atoms with Gasteiger partial charge in [-0.25, -0.2) is 0 Å². The van der Waals surface area contributed by atoms with Crippen molar-refractivity contribution in [2.45, 2.75) is 110 Å². The summed E-state index contributed by atoms with van der Waals surface area (Å²) in [6, 6.07) is 0. The van der Waals surface area contributed by atoms with Crippen molar-refractivity contribution in [2.24, 2.45) is 0 Å². The average molecular weight is 272 g/mol. The highest BCUT2D eigenvalue weighted by atomic mass is 16.3. The van der Waals surface area contributed by atoms with E-state index in [9.17, 15) is 5.11 Å². The molecule has 0 aromatic rings. The highest BCUT2D eigenvalue weighted by Gasteiger charge is 2.03. The first-order valence-electron chi connectivity index (χ1n) is 8.53. The van der Waals surface area contributed by atoms with E-state index >= 15 is 0 Å². The highest BCUT2D eigenvalue weighted by Crippen LogP contribution is 2.13. The zero-order valence-electron chi connectivity index (χ0n) is 13.2. The van der Waals surface area contributed by atoms with E-state index in [-0.39, 0.29) is 12.2 Å².